The topological polar surface area (TPSA) is 84.9 Å². The van der Waals surface area contributed by atoms with E-state index in [0.29, 0.717) is 22.9 Å². The molecule has 0 saturated heterocycles. The highest BCUT2D eigenvalue weighted by Gasteiger charge is 2.21. The van der Waals surface area contributed by atoms with Crippen LogP contribution in [0.3, 0.4) is 0 Å². The zero-order valence-corrected chi connectivity index (χ0v) is 16.0. The van der Waals surface area contributed by atoms with E-state index in [1.165, 1.54) is 14.2 Å². The Morgan fingerprint density at radius 3 is 2.42 bits per heavy atom. The zero-order valence-electron chi connectivity index (χ0n) is 15.1. The van der Waals surface area contributed by atoms with Crippen LogP contribution in [0.1, 0.15) is 5.56 Å². The second-order valence-corrected chi connectivity index (χ2v) is 7.63. The van der Waals surface area contributed by atoms with Crippen LogP contribution in [-0.2, 0) is 14.8 Å². The lowest BCUT2D eigenvalue weighted by molar-refractivity contribution is -0.114. The number of carbonyl (C=O) groups excluding carboxylic acids is 1. The summed E-state index contributed by atoms with van der Waals surface area (Å²) in [5, 5.41) is 2.67. The summed E-state index contributed by atoms with van der Waals surface area (Å²) in [5.41, 5.74) is 1.72. The standard InChI is InChI=1S/C18H22N2O5S/c1-13-6-5-7-14(10-13)20(26(4,22)23)12-18(21)19-16-11-15(24-2)8-9-17(16)25-3/h5-11H,12H2,1-4H3,(H,19,21). The predicted octanol–water partition coefficient (Wildman–Crippen LogP) is 2.42. The molecule has 26 heavy (non-hydrogen) atoms. The lowest BCUT2D eigenvalue weighted by Gasteiger charge is -2.22. The van der Waals surface area contributed by atoms with Crippen LogP contribution >= 0.6 is 0 Å². The fourth-order valence-corrected chi connectivity index (χ4v) is 3.26. The third kappa shape index (κ3) is 4.89. The highest BCUT2D eigenvalue weighted by Crippen LogP contribution is 2.29. The number of ether oxygens (including phenoxy) is 2. The van der Waals surface area contributed by atoms with Crippen molar-refractivity contribution in [2.45, 2.75) is 6.92 Å². The fraction of sp³-hybridized carbons (Fsp3) is 0.278. The lowest BCUT2D eigenvalue weighted by Crippen LogP contribution is -2.37. The lowest BCUT2D eigenvalue weighted by atomic mass is 10.2. The number of nitrogens with zero attached hydrogens (tertiary/aromatic N) is 1. The van der Waals surface area contributed by atoms with Gasteiger partial charge in [-0.05, 0) is 36.8 Å². The molecule has 0 heterocycles. The van der Waals surface area contributed by atoms with Gasteiger partial charge >= 0.3 is 0 Å². The van der Waals surface area contributed by atoms with E-state index in [2.05, 4.69) is 5.32 Å². The smallest absolute Gasteiger partial charge is 0.245 e. The number of hydrogen-bond acceptors (Lipinski definition) is 5. The van der Waals surface area contributed by atoms with Gasteiger partial charge in [-0.15, -0.1) is 0 Å². The molecule has 2 rings (SSSR count). The number of rotatable bonds is 7. The van der Waals surface area contributed by atoms with Gasteiger partial charge in [0, 0.05) is 6.07 Å². The third-order valence-corrected chi connectivity index (χ3v) is 4.80. The maximum absolute atomic E-state index is 12.5. The first kappa shape index (κ1) is 19.6. The molecule has 1 N–H and O–H groups in total. The summed E-state index contributed by atoms with van der Waals surface area (Å²) in [6, 6.07) is 11.9. The molecule has 140 valence electrons. The Morgan fingerprint density at radius 1 is 1.12 bits per heavy atom. The molecule has 0 aliphatic rings. The van der Waals surface area contributed by atoms with Gasteiger partial charge in [0.2, 0.25) is 15.9 Å². The van der Waals surface area contributed by atoms with Gasteiger partial charge in [-0.2, -0.15) is 0 Å². The highest BCUT2D eigenvalue weighted by atomic mass is 32.2. The van der Waals surface area contributed by atoms with Crippen LogP contribution in [0.15, 0.2) is 42.5 Å². The Hall–Kier alpha value is -2.74. The number of aryl methyl sites for hydroxylation is 1. The zero-order chi connectivity index (χ0) is 19.3. The van der Waals surface area contributed by atoms with Crippen molar-refractivity contribution in [3.05, 3.63) is 48.0 Å². The number of methoxy groups -OCH3 is 2. The van der Waals surface area contributed by atoms with E-state index in [1.807, 2.05) is 13.0 Å². The van der Waals surface area contributed by atoms with Crippen molar-refractivity contribution in [2.24, 2.45) is 0 Å². The Balaban J connectivity index is 2.26. The minimum absolute atomic E-state index is 0.358. The number of amides is 1. The van der Waals surface area contributed by atoms with E-state index in [0.717, 1.165) is 16.1 Å². The maximum atomic E-state index is 12.5. The second kappa shape index (κ2) is 8.09. The molecule has 0 aliphatic carbocycles. The number of hydrogen-bond donors (Lipinski definition) is 1. The van der Waals surface area contributed by atoms with Crippen LogP contribution in [0.25, 0.3) is 0 Å². The molecule has 7 nitrogen and oxygen atoms in total. The van der Waals surface area contributed by atoms with Gasteiger partial charge in [-0.3, -0.25) is 9.10 Å². The van der Waals surface area contributed by atoms with E-state index in [-0.39, 0.29) is 6.54 Å². The number of anilines is 2. The molecule has 2 aromatic carbocycles. The third-order valence-electron chi connectivity index (χ3n) is 3.66. The molecule has 1 amide bonds. The van der Waals surface area contributed by atoms with Crippen molar-refractivity contribution in [2.75, 3.05) is 36.6 Å². The van der Waals surface area contributed by atoms with Crippen molar-refractivity contribution in [3.63, 3.8) is 0 Å². The van der Waals surface area contributed by atoms with Crippen LogP contribution in [-0.4, -0.2) is 41.3 Å². The number of sulfonamides is 1. The first-order chi connectivity index (χ1) is 12.2. The molecule has 0 radical (unpaired) electrons. The van der Waals surface area contributed by atoms with Gasteiger partial charge in [0.1, 0.15) is 18.0 Å². The number of benzene rings is 2. The maximum Gasteiger partial charge on any atom is 0.245 e. The summed E-state index contributed by atoms with van der Waals surface area (Å²) >= 11 is 0. The van der Waals surface area contributed by atoms with E-state index in [9.17, 15) is 13.2 Å². The molecule has 0 unspecified atom stereocenters. The Morgan fingerprint density at radius 2 is 1.85 bits per heavy atom. The van der Waals surface area contributed by atoms with E-state index >= 15 is 0 Å². The average Bonchev–Trinajstić information content (AvgIpc) is 2.58. The SMILES string of the molecule is COc1ccc(OC)c(NC(=O)CN(c2cccc(C)c2)S(C)(=O)=O)c1. The minimum atomic E-state index is -3.63. The number of nitrogens with one attached hydrogen (secondary N) is 1. The summed E-state index contributed by atoms with van der Waals surface area (Å²) in [6.07, 6.45) is 1.06. The molecular weight excluding hydrogens is 356 g/mol. The average molecular weight is 378 g/mol. The van der Waals surface area contributed by atoms with E-state index < -0.39 is 15.9 Å². The predicted molar refractivity (Wildman–Crippen MR) is 102 cm³/mol. The van der Waals surface area contributed by atoms with Crippen molar-refractivity contribution in [3.8, 4) is 11.5 Å². The molecule has 0 spiro atoms. The molecule has 0 atom stereocenters. The Labute approximate surface area is 153 Å². The van der Waals surface area contributed by atoms with E-state index in [4.69, 9.17) is 9.47 Å². The molecule has 0 fully saturated rings. The van der Waals surface area contributed by atoms with Crippen LogP contribution in [0.5, 0.6) is 11.5 Å². The monoisotopic (exact) mass is 378 g/mol. The van der Waals surface area contributed by atoms with Crippen molar-refractivity contribution < 1.29 is 22.7 Å². The van der Waals surface area contributed by atoms with Gasteiger partial charge in [0.15, 0.2) is 0 Å². The molecule has 8 heteroatoms. The molecular formula is C18H22N2O5S. The molecule has 0 aliphatic heterocycles. The Kier molecular flexibility index (Phi) is 6.10. The summed E-state index contributed by atoms with van der Waals surface area (Å²) in [5.74, 6) is 0.490. The number of carbonyl (C=O) groups is 1. The van der Waals surface area contributed by atoms with E-state index in [1.54, 1.807) is 36.4 Å². The van der Waals surface area contributed by atoms with Gasteiger partial charge < -0.3 is 14.8 Å². The van der Waals surface area contributed by atoms with Gasteiger partial charge in [0.05, 0.1) is 31.9 Å². The quantitative estimate of drug-likeness (QED) is 0.800. The van der Waals surface area contributed by atoms with Gasteiger partial charge in [-0.1, -0.05) is 12.1 Å². The largest absolute Gasteiger partial charge is 0.497 e. The highest BCUT2D eigenvalue weighted by molar-refractivity contribution is 7.92. The molecule has 0 bridgehead atoms. The second-order valence-electron chi connectivity index (χ2n) is 5.72. The van der Waals surface area contributed by atoms with Crippen LogP contribution in [0.4, 0.5) is 11.4 Å². The Bertz CT molecular complexity index is 896. The van der Waals surface area contributed by atoms with Gasteiger partial charge in [-0.25, -0.2) is 8.42 Å². The van der Waals surface area contributed by atoms with Gasteiger partial charge in [0.25, 0.3) is 0 Å². The minimum Gasteiger partial charge on any atom is -0.497 e. The van der Waals surface area contributed by atoms with Crippen LogP contribution in [0, 0.1) is 6.92 Å². The van der Waals surface area contributed by atoms with Crippen LogP contribution in [0.2, 0.25) is 0 Å². The summed E-state index contributed by atoms with van der Waals surface area (Å²) in [7, 11) is -0.644. The summed E-state index contributed by atoms with van der Waals surface area (Å²) in [6.45, 7) is 1.49. The first-order valence-electron chi connectivity index (χ1n) is 7.81. The van der Waals surface area contributed by atoms with Crippen LogP contribution < -0.4 is 19.1 Å². The molecule has 0 saturated carbocycles. The van der Waals surface area contributed by atoms with Crippen molar-refractivity contribution in [1.29, 1.82) is 0 Å². The normalized spacial score (nSPS) is 10.9. The summed E-state index contributed by atoms with van der Waals surface area (Å²) < 4.78 is 35.7. The molecule has 0 aromatic heterocycles. The molecule has 2 aromatic rings. The first-order valence-corrected chi connectivity index (χ1v) is 9.65. The van der Waals surface area contributed by atoms with Crippen molar-refractivity contribution in [1.82, 2.24) is 0 Å². The summed E-state index contributed by atoms with van der Waals surface area (Å²) in [4.78, 5) is 12.5. The van der Waals surface area contributed by atoms with Crippen molar-refractivity contribution >= 4 is 27.3 Å². The fourth-order valence-electron chi connectivity index (χ4n) is 2.42.